The van der Waals surface area contributed by atoms with Gasteiger partial charge in [-0.05, 0) is 61.7 Å². The molecule has 0 fully saturated rings. The van der Waals surface area contributed by atoms with E-state index in [0.717, 1.165) is 11.4 Å². The van der Waals surface area contributed by atoms with Crippen molar-refractivity contribution in [1.29, 1.82) is 0 Å². The van der Waals surface area contributed by atoms with Gasteiger partial charge in [-0.1, -0.05) is 231 Å². The minimum Gasteiger partial charge on any atom is -0.307 e. The maximum atomic E-state index is 2.61. The lowest BCUT2D eigenvalue weighted by Gasteiger charge is -2.35. The molecule has 2 nitrogen and oxygen atoms in total. The Bertz CT molecular complexity index is 3500. The van der Waals surface area contributed by atoms with E-state index >= 15 is 0 Å². The molecule has 0 radical (unpaired) electrons. The molecule has 296 valence electrons. The highest BCUT2D eigenvalue weighted by atomic mass is 28.3. The van der Waals surface area contributed by atoms with E-state index in [4.69, 9.17) is 0 Å². The van der Waals surface area contributed by atoms with Gasteiger partial charge in [-0.25, -0.2) is 0 Å². The maximum Gasteiger partial charge on any atom is 0.181 e. The molecule has 0 amide bonds. The minimum absolute atomic E-state index is 1.12. The number of hydrogen-bond acceptors (Lipinski definition) is 0. The van der Waals surface area contributed by atoms with Crippen LogP contribution in [0.1, 0.15) is 0 Å². The molecule has 3 heteroatoms. The normalized spacial score (nSPS) is 11.8. The van der Waals surface area contributed by atoms with E-state index in [-0.39, 0.29) is 0 Å². The highest BCUT2D eigenvalue weighted by molar-refractivity contribution is 7.20. The summed E-state index contributed by atoms with van der Waals surface area (Å²) in [6, 6.07) is 94.4. The predicted octanol–water partition coefficient (Wildman–Crippen LogP) is 12.6. The summed E-state index contributed by atoms with van der Waals surface area (Å²) in [6.45, 7) is 0. The smallest absolute Gasteiger partial charge is 0.181 e. The first-order chi connectivity index (χ1) is 31.3. The molecule has 12 rings (SSSR count). The number of benzene rings is 10. The molecule has 0 aliphatic carbocycles. The van der Waals surface area contributed by atoms with E-state index in [1.807, 2.05) is 0 Å². The fraction of sp³-hybridized carbons (Fsp3) is 0. The largest absolute Gasteiger partial charge is 0.307 e. The molecular formula is C60H42N2Si. The van der Waals surface area contributed by atoms with Gasteiger partial charge < -0.3 is 9.13 Å². The quantitative estimate of drug-likeness (QED) is 0.107. The van der Waals surface area contributed by atoms with Crippen molar-refractivity contribution in [3.8, 4) is 33.6 Å². The number of hydrogen-bond donors (Lipinski definition) is 0. The van der Waals surface area contributed by atoms with Crippen molar-refractivity contribution in [2.24, 2.45) is 0 Å². The van der Waals surface area contributed by atoms with Gasteiger partial charge in [0.05, 0.1) is 27.8 Å². The second-order valence-electron chi connectivity index (χ2n) is 16.4. The van der Waals surface area contributed by atoms with Gasteiger partial charge in [0.15, 0.2) is 8.07 Å². The molecule has 10 aromatic carbocycles. The van der Waals surface area contributed by atoms with E-state index < -0.39 is 8.07 Å². The Morgan fingerprint density at radius 1 is 0.286 bits per heavy atom. The molecule has 2 aromatic heterocycles. The fourth-order valence-electron chi connectivity index (χ4n) is 10.4. The van der Waals surface area contributed by atoms with E-state index in [1.54, 1.807) is 0 Å². The second kappa shape index (κ2) is 15.2. The summed E-state index contributed by atoms with van der Waals surface area (Å²) < 4.78 is 5.16. The van der Waals surface area contributed by atoms with Crippen LogP contribution in [0, 0.1) is 0 Å². The van der Waals surface area contributed by atoms with Crippen LogP contribution in [0.15, 0.2) is 255 Å². The summed E-state index contributed by atoms with van der Waals surface area (Å²) in [6.07, 6.45) is 0. The van der Waals surface area contributed by atoms with Gasteiger partial charge in [0.25, 0.3) is 0 Å². The van der Waals surface area contributed by atoms with Crippen LogP contribution in [0.25, 0.3) is 77.2 Å². The Kier molecular flexibility index (Phi) is 8.87. The molecule has 0 atom stereocenters. The van der Waals surface area contributed by atoms with Gasteiger partial charge in [0.2, 0.25) is 0 Å². The molecular weight excluding hydrogens is 777 g/mol. The van der Waals surface area contributed by atoms with Crippen LogP contribution < -0.4 is 20.7 Å². The first-order valence-electron chi connectivity index (χ1n) is 21.8. The van der Waals surface area contributed by atoms with Gasteiger partial charge in [0.1, 0.15) is 0 Å². The number of para-hydroxylation sites is 4. The van der Waals surface area contributed by atoms with E-state index in [2.05, 4.69) is 264 Å². The lowest BCUT2D eigenvalue weighted by molar-refractivity contribution is 1.13. The van der Waals surface area contributed by atoms with Crippen molar-refractivity contribution >= 4 is 72.4 Å². The maximum absolute atomic E-state index is 2.99. The SMILES string of the molecule is c1ccc(-c2cccc(-n3c4c(-c5ccccc5)cccc4c4cccc(-n5c6ccccc6c6cccc([Si](c7ccccc7)(c7ccccc7)c7ccccc7)c65)c43)c2)cc1. The number of fused-ring (bicyclic) bond motifs is 6. The summed E-state index contributed by atoms with van der Waals surface area (Å²) in [5, 5.41) is 10.3. The van der Waals surface area contributed by atoms with Crippen LogP contribution >= 0.6 is 0 Å². The zero-order valence-corrected chi connectivity index (χ0v) is 35.6. The molecule has 0 saturated carbocycles. The molecule has 2 heterocycles. The zero-order valence-electron chi connectivity index (χ0n) is 34.6. The average Bonchev–Trinajstić information content (AvgIpc) is 3.90. The van der Waals surface area contributed by atoms with E-state index in [1.165, 1.54) is 86.6 Å². The third-order valence-electron chi connectivity index (χ3n) is 13.0. The van der Waals surface area contributed by atoms with Gasteiger partial charge >= 0.3 is 0 Å². The standard InChI is InChI=1S/C60H42N2Si/c1-6-22-43(23-7-1)45-26-18-27-46(42-45)61-58-50(44-24-8-2-9-25-44)35-19-36-53(58)54-37-20-40-56(59(54)61)62-55-39-17-16-34-51(55)52-38-21-41-57(60(52)62)63(47-28-10-3-11-29-47,48-30-12-4-13-31-48)49-32-14-5-15-33-49/h1-42H. The first kappa shape index (κ1) is 36.8. The van der Waals surface area contributed by atoms with Crippen LogP contribution in [0.2, 0.25) is 0 Å². The average molecular weight is 819 g/mol. The second-order valence-corrected chi connectivity index (χ2v) is 20.2. The Labute approximate surface area is 368 Å². The van der Waals surface area contributed by atoms with Crippen LogP contribution in [-0.4, -0.2) is 17.2 Å². The highest BCUT2D eigenvalue weighted by Gasteiger charge is 2.43. The lowest BCUT2D eigenvalue weighted by Crippen LogP contribution is -2.75. The monoisotopic (exact) mass is 818 g/mol. The molecule has 0 N–H and O–H groups in total. The topological polar surface area (TPSA) is 9.86 Å². The molecule has 63 heavy (non-hydrogen) atoms. The molecule has 0 bridgehead atoms. The van der Waals surface area contributed by atoms with Gasteiger partial charge in [-0.15, -0.1) is 0 Å². The van der Waals surface area contributed by atoms with Crippen LogP contribution in [0.5, 0.6) is 0 Å². The van der Waals surface area contributed by atoms with Crippen molar-refractivity contribution in [3.05, 3.63) is 255 Å². The summed E-state index contributed by atoms with van der Waals surface area (Å²) in [5.74, 6) is 0. The molecule has 0 unspecified atom stereocenters. The summed E-state index contributed by atoms with van der Waals surface area (Å²) in [7, 11) is -2.99. The lowest BCUT2D eigenvalue weighted by atomic mass is 10.0. The van der Waals surface area contributed by atoms with E-state index in [0.29, 0.717) is 0 Å². The van der Waals surface area contributed by atoms with Gasteiger partial charge in [-0.2, -0.15) is 0 Å². The van der Waals surface area contributed by atoms with Crippen LogP contribution in [0.3, 0.4) is 0 Å². The van der Waals surface area contributed by atoms with Crippen molar-refractivity contribution in [2.75, 3.05) is 0 Å². The minimum atomic E-state index is -2.99. The van der Waals surface area contributed by atoms with Gasteiger partial charge in [-0.3, -0.25) is 0 Å². The Balaban J connectivity index is 1.27. The Morgan fingerprint density at radius 2 is 0.746 bits per heavy atom. The van der Waals surface area contributed by atoms with Gasteiger partial charge in [0, 0.05) is 32.8 Å². The summed E-state index contributed by atoms with van der Waals surface area (Å²) in [4.78, 5) is 0. The fourth-order valence-corrected chi connectivity index (χ4v) is 15.4. The third-order valence-corrected chi connectivity index (χ3v) is 17.9. The predicted molar refractivity (Wildman–Crippen MR) is 270 cm³/mol. The Hall–Kier alpha value is -7.98. The van der Waals surface area contributed by atoms with Crippen molar-refractivity contribution < 1.29 is 0 Å². The number of rotatable bonds is 8. The third kappa shape index (κ3) is 5.78. The highest BCUT2D eigenvalue weighted by Crippen LogP contribution is 2.43. The first-order valence-corrected chi connectivity index (χ1v) is 23.8. The molecule has 0 aliphatic rings. The van der Waals surface area contributed by atoms with Crippen molar-refractivity contribution in [1.82, 2.24) is 9.13 Å². The zero-order chi connectivity index (χ0) is 41.7. The van der Waals surface area contributed by atoms with Crippen LogP contribution in [-0.2, 0) is 0 Å². The molecule has 0 saturated heterocycles. The number of aromatic nitrogens is 2. The van der Waals surface area contributed by atoms with E-state index in [9.17, 15) is 0 Å². The molecule has 0 aliphatic heterocycles. The van der Waals surface area contributed by atoms with Crippen LogP contribution in [0.4, 0.5) is 0 Å². The molecule has 0 spiro atoms. The summed E-state index contributed by atoms with van der Waals surface area (Å²) >= 11 is 0. The summed E-state index contributed by atoms with van der Waals surface area (Å²) in [5.41, 5.74) is 11.8. The van der Waals surface area contributed by atoms with Crippen molar-refractivity contribution in [3.63, 3.8) is 0 Å². The van der Waals surface area contributed by atoms with Crippen molar-refractivity contribution in [2.45, 2.75) is 0 Å². The number of nitrogens with zero attached hydrogens (tertiary/aromatic N) is 2. The molecule has 12 aromatic rings. The Morgan fingerprint density at radius 3 is 1.38 bits per heavy atom.